The minimum Gasteiger partial charge on any atom is -0.303 e. The fraction of sp³-hybridized carbons (Fsp3) is 0.526. The molecule has 2 heterocycles. The Labute approximate surface area is 175 Å². The predicted molar refractivity (Wildman–Crippen MR) is 114 cm³/mol. The van der Waals surface area contributed by atoms with Crippen LogP contribution in [0.25, 0.3) is 0 Å². The van der Waals surface area contributed by atoms with E-state index in [1.54, 1.807) is 12.1 Å². The average molecular weight is 438 g/mol. The zero-order valence-electron chi connectivity index (χ0n) is 16.7. The monoisotopic (exact) mass is 437 g/mol. The number of sulfonamides is 1. The molecule has 2 aromatic rings. The molecule has 158 valence electrons. The van der Waals surface area contributed by atoms with E-state index in [2.05, 4.69) is 32.1 Å². The normalized spacial score (nSPS) is 17.9. The van der Waals surface area contributed by atoms with Crippen LogP contribution in [-0.4, -0.2) is 55.6 Å². The number of nitrogens with zero attached hydrogens (tertiary/aromatic N) is 3. The van der Waals surface area contributed by atoms with Gasteiger partial charge >= 0.3 is 0 Å². The van der Waals surface area contributed by atoms with Gasteiger partial charge in [-0.15, -0.1) is 10.2 Å². The van der Waals surface area contributed by atoms with Crippen molar-refractivity contribution in [3.8, 4) is 0 Å². The highest BCUT2D eigenvalue weighted by atomic mass is 32.2. The molecule has 3 rings (SSSR count). The number of likely N-dealkylation sites (tertiary alicyclic amines) is 1. The van der Waals surface area contributed by atoms with Crippen LogP contribution in [0.4, 0.5) is 5.13 Å². The summed E-state index contributed by atoms with van der Waals surface area (Å²) in [5.41, 5.74) is 1.34. The van der Waals surface area contributed by atoms with Crippen LogP contribution in [0.2, 0.25) is 0 Å². The molecule has 0 saturated carbocycles. The molecule has 29 heavy (non-hydrogen) atoms. The second-order valence-corrected chi connectivity index (χ2v) is 10.4. The lowest BCUT2D eigenvalue weighted by atomic mass is 10.0. The fourth-order valence-corrected chi connectivity index (χ4v) is 5.43. The van der Waals surface area contributed by atoms with Crippen molar-refractivity contribution < 1.29 is 13.2 Å². The third-order valence-corrected chi connectivity index (χ3v) is 7.60. The molecule has 10 heteroatoms. The molecule has 0 aliphatic carbocycles. The maximum atomic E-state index is 12.4. The van der Waals surface area contributed by atoms with Gasteiger partial charge in [-0.2, -0.15) is 0 Å². The van der Waals surface area contributed by atoms with Crippen LogP contribution in [-0.2, 0) is 10.0 Å². The van der Waals surface area contributed by atoms with Crippen LogP contribution in [0, 0.1) is 12.8 Å². The maximum Gasteiger partial charge on any atom is 0.269 e. The first-order chi connectivity index (χ1) is 13.8. The van der Waals surface area contributed by atoms with Crippen molar-refractivity contribution in [1.29, 1.82) is 0 Å². The Morgan fingerprint density at radius 1 is 1.31 bits per heavy atom. The number of nitrogens with one attached hydrogen (secondary N) is 2. The maximum absolute atomic E-state index is 12.4. The first kappa shape index (κ1) is 21.8. The van der Waals surface area contributed by atoms with E-state index in [9.17, 15) is 13.2 Å². The van der Waals surface area contributed by atoms with Crippen molar-refractivity contribution in [2.45, 2.75) is 37.4 Å². The fourth-order valence-electron chi connectivity index (χ4n) is 3.42. The Morgan fingerprint density at radius 3 is 2.86 bits per heavy atom. The quantitative estimate of drug-likeness (QED) is 0.486. The van der Waals surface area contributed by atoms with E-state index in [0.29, 0.717) is 18.0 Å². The summed E-state index contributed by atoms with van der Waals surface area (Å²) >= 11 is 0.840. The Kier molecular flexibility index (Phi) is 7.33. The molecule has 1 atom stereocenters. The summed E-state index contributed by atoms with van der Waals surface area (Å²) in [6, 6.07) is 7.15. The lowest BCUT2D eigenvalue weighted by molar-refractivity contribution is 0.102. The second-order valence-electron chi connectivity index (χ2n) is 7.44. The van der Waals surface area contributed by atoms with Gasteiger partial charge in [0.1, 0.15) is 0 Å². The number of rotatable bonds is 8. The van der Waals surface area contributed by atoms with Gasteiger partial charge in [0.25, 0.3) is 15.9 Å². The Morgan fingerprint density at radius 2 is 2.10 bits per heavy atom. The standard InChI is InChI=1S/C19H27N5O3S2/c1-14-7-5-11-24(13-14)12-6-10-20-29(26,27)19-23-22-18(28-19)21-17(25)16-9-4-3-8-15(16)2/h3-4,8-9,14,20H,5-7,10-13H2,1-2H3,(H,21,22,25)/t14-/m1/s1. The molecular formula is C19H27N5O3S2. The lowest BCUT2D eigenvalue weighted by Gasteiger charge is -2.30. The lowest BCUT2D eigenvalue weighted by Crippen LogP contribution is -2.36. The van der Waals surface area contributed by atoms with Crippen LogP contribution in [0.1, 0.15) is 42.1 Å². The summed E-state index contributed by atoms with van der Waals surface area (Å²) in [5, 5.41) is 10.3. The number of anilines is 1. The van der Waals surface area contributed by atoms with Crippen molar-refractivity contribution in [2.75, 3.05) is 31.5 Å². The summed E-state index contributed by atoms with van der Waals surface area (Å²) in [5.74, 6) is 0.363. The van der Waals surface area contributed by atoms with Gasteiger partial charge in [0, 0.05) is 18.7 Å². The smallest absolute Gasteiger partial charge is 0.269 e. The first-order valence-corrected chi connectivity index (χ1v) is 12.1. The minimum atomic E-state index is -3.74. The molecule has 1 aliphatic rings. The predicted octanol–water partition coefficient (Wildman–Crippen LogP) is 2.50. The third-order valence-electron chi connectivity index (χ3n) is 4.93. The zero-order valence-corrected chi connectivity index (χ0v) is 18.4. The van der Waals surface area contributed by atoms with Crippen molar-refractivity contribution in [1.82, 2.24) is 19.8 Å². The number of aryl methyl sites for hydroxylation is 1. The van der Waals surface area contributed by atoms with Crippen molar-refractivity contribution in [2.24, 2.45) is 5.92 Å². The van der Waals surface area contributed by atoms with Gasteiger partial charge in [-0.3, -0.25) is 10.1 Å². The second kappa shape index (κ2) is 9.75. The number of piperidine rings is 1. The third kappa shape index (κ3) is 6.05. The van der Waals surface area contributed by atoms with Gasteiger partial charge in [-0.1, -0.05) is 36.5 Å². The van der Waals surface area contributed by atoms with Gasteiger partial charge in [-0.05, 0) is 56.8 Å². The van der Waals surface area contributed by atoms with Gasteiger partial charge in [-0.25, -0.2) is 13.1 Å². The van der Waals surface area contributed by atoms with E-state index in [1.807, 2.05) is 19.1 Å². The molecule has 0 bridgehead atoms. The Hall–Kier alpha value is -1.88. The van der Waals surface area contributed by atoms with E-state index < -0.39 is 10.0 Å². The van der Waals surface area contributed by atoms with E-state index in [1.165, 1.54) is 12.8 Å². The summed E-state index contributed by atoms with van der Waals surface area (Å²) in [6.45, 7) is 7.46. The van der Waals surface area contributed by atoms with Gasteiger partial charge in [0.05, 0.1) is 0 Å². The van der Waals surface area contributed by atoms with E-state index in [-0.39, 0.29) is 15.4 Å². The SMILES string of the molecule is Cc1ccccc1C(=O)Nc1nnc(S(=O)(=O)NCCCN2CCC[C@@H](C)C2)s1. The molecule has 1 aromatic heterocycles. The highest BCUT2D eigenvalue weighted by Crippen LogP contribution is 2.21. The number of carbonyl (C=O) groups is 1. The van der Waals surface area contributed by atoms with Crippen LogP contribution >= 0.6 is 11.3 Å². The average Bonchev–Trinajstić information content (AvgIpc) is 3.15. The summed E-state index contributed by atoms with van der Waals surface area (Å²) in [4.78, 5) is 14.7. The van der Waals surface area contributed by atoms with Crippen molar-refractivity contribution in [3.05, 3.63) is 35.4 Å². The summed E-state index contributed by atoms with van der Waals surface area (Å²) in [6.07, 6.45) is 3.21. The summed E-state index contributed by atoms with van der Waals surface area (Å²) in [7, 11) is -3.74. The highest BCUT2D eigenvalue weighted by molar-refractivity contribution is 7.91. The van der Waals surface area contributed by atoms with E-state index in [0.717, 1.165) is 43.0 Å². The number of carbonyl (C=O) groups excluding carboxylic acids is 1. The van der Waals surface area contributed by atoms with Crippen molar-refractivity contribution >= 4 is 32.4 Å². The first-order valence-electron chi connectivity index (χ1n) is 9.77. The van der Waals surface area contributed by atoms with E-state index >= 15 is 0 Å². The van der Waals surface area contributed by atoms with Crippen LogP contribution in [0.15, 0.2) is 28.6 Å². The zero-order chi connectivity index (χ0) is 20.9. The molecule has 1 aliphatic heterocycles. The van der Waals surface area contributed by atoms with Crippen molar-refractivity contribution in [3.63, 3.8) is 0 Å². The molecule has 8 nitrogen and oxygen atoms in total. The van der Waals surface area contributed by atoms with Crippen LogP contribution in [0.3, 0.4) is 0 Å². The molecule has 0 radical (unpaired) electrons. The topological polar surface area (TPSA) is 104 Å². The largest absolute Gasteiger partial charge is 0.303 e. The molecule has 2 N–H and O–H groups in total. The molecule has 1 fully saturated rings. The van der Waals surface area contributed by atoms with Crippen LogP contribution in [0.5, 0.6) is 0 Å². The molecule has 0 unspecified atom stereocenters. The molecule has 1 amide bonds. The number of amides is 1. The number of aromatic nitrogens is 2. The number of benzene rings is 1. The van der Waals surface area contributed by atoms with E-state index in [4.69, 9.17) is 0 Å². The van der Waals surface area contributed by atoms with Gasteiger partial charge in [0.15, 0.2) is 0 Å². The summed E-state index contributed by atoms with van der Waals surface area (Å²) < 4.78 is 27.3. The molecular weight excluding hydrogens is 410 g/mol. The highest BCUT2D eigenvalue weighted by Gasteiger charge is 2.21. The molecule has 0 spiro atoms. The minimum absolute atomic E-state index is 0.149. The number of hydrogen-bond donors (Lipinski definition) is 2. The Balaban J connectivity index is 1.50. The molecule has 1 saturated heterocycles. The van der Waals surface area contributed by atoms with Crippen LogP contribution < -0.4 is 10.0 Å². The Bertz CT molecular complexity index is 945. The number of hydrogen-bond acceptors (Lipinski definition) is 7. The molecule has 1 aromatic carbocycles. The van der Waals surface area contributed by atoms with Gasteiger partial charge in [0.2, 0.25) is 9.47 Å². The van der Waals surface area contributed by atoms with Gasteiger partial charge < -0.3 is 4.90 Å².